The number of ether oxygens (including phenoxy) is 1. The van der Waals surface area contributed by atoms with Crippen LogP contribution >= 0.6 is 34.8 Å². The van der Waals surface area contributed by atoms with E-state index in [4.69, 9.17) is 48.5 Å². The Labute approximate surface area is 167 Å². The molecule has 7 nitrogen and oxygen atoms in total. The molecule has 0 amide bonds. The molecule has 0 fully saturated rings. The second kappa shape index (κ2) is 7.56. The quantitative estimate of drug-likeness (QED) is 0.429. The van der Waals surface area contributed by atoms with Crippen LogP contribution in [0.3, 0.4) is 0 Å². The van der Waals surface area contributed by atoms with Crippen molar-refractivity contribution < 1.29 is 13.7 Å². The smallest absolute Gasteiger partial charge is 0.418 e. The van der Waals surface area contributed by atoms with Crippen molar-refractivity contribution in [1.82, 2.24) is 20.3 Å². The predicted molar refractivity (Wildman–Crippen MR) is 98.8 cm³/mol. The molecular weight excluding hydrogens is 415 g/mol. The lowest BCUT2D eigenvalue weighted by Crippen LogP contribution is -1.95. The van der Waals surface area contributed by atoms with E-state index in [2.05, 4.69) is 20.3 Å². The number of benzene rings is 2. The van der Waals surface area contributed by atoms with Crippen LogP contribution in [0.2, 0.25) is 15.1 Å². The van der Waals surface area contributed by atoms with Gasteiger partial charge in [0.2, 0.25) is 11.7 Å². The fraction of sp³-hybridized carbons (Fsp3) is 0.0588. The van der Waals surface area contributed by atoms with Gasteiger partial charge in [-0.3, -0.25) is 4.52 Å². The van der Waals surface area contributed by atoms with E-state index in [1.807, 2.05) is 12.1 Å². The van der Waals surface area contributed by atoms with Crippen molar-refractivity contribution in [3.63, 3.8) is 0 Å². The van der Waals surface area contributed by atoms with Gasteiger partial charge >= 0.3 is 6.08 Å². The van der Waals surface area contributed by atoms with E-state index in [1.165, 1.54) is 0 Å². The van der Waals surface area contributed by atoms with E-state index in [1.54, 1.807) is 30.3 Å². The summed E-state index contributed by atoms with van der Waals surface area (Å²) in [6.45, 7) is -0.0532. The van der Waals surface area contributed by atoms with E-state index in [0.717, 1.165) is 0 Å². The molecule has 4 aromatic rings. The molecule has 4 rings (SSSR count). The first-order valence-electron chi connectivity index (χ1n) is 7.59. The Bertz CT molecular complexity index is 1100. The highest BCUT2D eigenvalue weighted by molar-refractivity contribution is 6.36. The van der Waals surface area contributed by atoms with Gasteiger partial charge in [-0.15, -0.1) is 10.2 Å². The zero-order chi connectivity index (χ0) is 18.8. The third-order valence-corrected chi connectivity index (χ3v) is 4.35. The highest BCUT2D eigenvalue weighted by Gasteiger charge is 2.15. The van der Waals surface area contributed by atoms with Gasteiger partial charge in [-0.1, -0.05) is 52.1 Å². The summed E-state index contributed by atoms with van der Waals surface area (Å²) in [5.41, 5.74) is 1.20. The van der Waals surface area contributed by atoms with Gasteiger partial charge in [0.25, 0.3) is 5.89 Å². The molecule has 0 aliphatic heterocycles. The highest BCUT2D eigenvalue weighted by atomic mass is 35.5. The number of hydrogen-bond acceptors (Lipinski definition) is 7. The second-order valence-corrected chi connectivity index (χ2v) is 6.53. The summed E-state index contributed by atoms with van der Waals surface area (Å²) in [6, 6.07) is 12.1. The van der Waals surface area contributed by atoms with Gasteiger partial charge in [0.1, 0.15) is 0 Å². The monoisotopic (exact) mass is 422 g/mol. The minimum atomic E-state index is -0.0532. The maximum absolute atomic E-state index is 6.13. The van der Waals surface area contributed by atoms with Crippen molar-refractivity contribution in [3.05, 3.63) is 63.4 Å². The van der Waals surface area contributed by atoms with E-state index in [9.17, 15) is 0 Å². The van der Waals surface area contributed by atoms with Crippen molar-refractivity contribution >= 4 is 34.8 Å². The van der Waals surface area contributed by atoms with Gasteiger partial charge in [0, 0.05) is 10.6 Å². The lowest BCUT2D eigenvalue weighted by molar-refractivity contribution is 0.177. The molecule has 10 heteroatoms. The van der Waals surface area contributed by atoms with E-state index in [0.29, 0.717) is 32.0 Å². The van der Waals surface area contributed by atoms with Crippen LogP contribution in [0.5, 0.6) is 6.08 Å². The Morgan fingerprint density at radius 1 is 0.926 bits per heavy atom. The topological polar surface area (TPSA) is 87.1 Å². The van der Waals surface area contributed by atoms with Crippen LogP contribution in [-0.2, 0) is 6.61 Å². The SMILES string of the molecule is Clc1ccc(-c2nnc(COc3nc(-c4ccccc4Cl)no3)o2)c(Cl)c1. The first-order chi connectivity index (χ1) is 13.1. The van der Waals surface area contributed by atoms with E-state index < -0.39 is 0 Å². The molecule has 27 heavy (non-hydrogen) atoms. The van der Waals surface area contributed by atoms with Crippen molar-refractivity contribution in [2.45, 2.75) is 6.61 Å². The molecule has 0 bridgehead atoms. The Kier molecular flexibility index (Phi) is 4.98. The molecule has 0 N–H and O–H groups in total. The number of aromatic nitrogens is 4. The Balaban J connectivity index is 1.46. The minimum absolute atomic E-state index is 0.0470. The number of nitrogens with zero attached hydrogens (tertiary/aromatic N) is 4. The van der Waals surface area contributed by atoms with Crippen LogP contribution in [-0.4, -0.2) is 20.3 Å². The summed E-state index contributed by atoms with van der Waals surface area (Å²) < 4.78 is 16.0. The van der Waals surface area contributed by atoms with Crippen LogP contribution in [0, 0.1) is 0 Å². The standard InChI is InChI=1S/C17H9Cl3N4O3/c18-9-5-6-11(13(20)7-9)16-23-22-14(26-16)8-25-17-21-15(24-27-17)10-3-1-2-4-12(10)19/h1-7H,8H2. The molecule has 0 saturated carbocycles. The first-order valence-corrected chi connectivity index (χ1v) is 8.73. The minimum Gasteiger partial charge on any atom is -0.439 e. The lowest BCUT2D eigenvalue weighted by atomic mass is 10.2. The van der Waals surface area contributed by atoms with E-state index >= 15 is 0 Å². The zero-order valence-corrected chi connectivity index (χ0v) is 15.7. The maximum Gasteiger partial charge on any atom is 0.418 e. The zero-order valence-electron chi connectivity index (χ0n) is 13.4. The van der Waals surface area contributed by atoms with Crippen molar-refractivity contribution in [2.75, 3.05) is 0 Å². The van der Waals surface area contributed by atoms with Crippen molar-refractivity contribution in [3.8, 4) is 28.9 Å². The van der Waals surface area contributed by atoms with Crippen LogP contribution in [0.1, 0.15) is 5.89 Å². The summed E-state index contributed by atoms with van der Waals surface area (Å²) in [5.74, 6) is 0.779. The maximum atomic E-state index is 6.13. The Morgan fingerprint density at radius 3 is 2.59 bits per heavy atom. The van der Waals surface area contributed by atoms with Crippen LogP contribution in [0.25, 0.3) is 22.8 Å². The summed E-state index contributed by atoms with van der Waals surface area (Å²) in [6.07, 6.45) is -0.0470. The third-order valence-electron chi connectivity index (χ3n) is 3.47. The highest BCUT2D eigenvalue weighted by Crippen LogP contribution is 2.30. The molecule has 0 unspecified atom stereocenters. The van der Waals surface area contributed by atoms with Gasteiger partial charge in [-0.25, -0.2) is 0 Å². The molecule has 0 saturated heterocycles. The van der Waals surface area contributed by atoms with Crippen LogP contribution < -0.4 is 4.74 Å². The molecule has 0 spiro atoms. The number of rotatable bonds is 5. The molecule has 2 aromatic heterocycles. The van der Waals surface area contributed by atoms with Crippen molar-refractivity contribution in [1.29, 1.82) is 0 Å². The molecule has 0 radical (unpaired) electrons. The normalized spacial score (nSPS) is 10.9. The molecule has 0 aliphatic rings. The second-order valence-electron chi connectivity index (χ2n) is 5.28. The predicted octanol–water partition coefficient (Wildman–Crippen LogP) is 5.33. The van der Waals surface area contributed by atoms with E-state index in [-0.39, 0.29) is 24.5 Å². The molecule has 2 aromatic carbocycles. The molecule has 0 atom stereocenters. The largest absolute Gasteiger partial charge is 0.439 e. The van der Waals surface area contributed by atoms with Crippen LogP contribution in [0.15, 0.2) is 51.4 Å². The molecule has 2 heterocycles. The number of halogens is 3. The summed E-state index contributed by atoms with van der Waals surface area (Å²) in [4.78, 5) is 4.14. The average Bonchev–Trinajstić information content (AvgIpc) is 3.30. The fourth-order valence-electron chi connectivity index (χ4n) is 2.23. The molecular formula is C17H9Cl3N4O3. The van der Waals surface area contributed by atoms with Gasteiger partial charge in [-0.05, 0) is 30.3 Å². The number of hydrogen-bond donors (Lipinski definition) is 0. The third kappa shape index (κ3) is 3.90. The Morgan fingerprint density at radius 2 is 1.78 bits per heavy atom. The summed E-state index contributed by atoms with van der Waals surface area (Å²) in [7, 11) is 0. The van der Waals surface area contributed by atoms with Crippen molar-refractivity contribution in [2.24, 2.45) is 0 Å². The summed E-state index contributed by atoms with van der Waals surface area (Å²) in [5, 5.41) is 13.1. The summed E-state index contributed by atoms with van der Waals surface area (Å²) >= 11 is 18.1. The average molecular weight is 424 g/mol. The van der Waals surface area contributed by atoms with Gasteiger partial charge in [0.15, 0.2) is 6.61 Å². The van der Waals surface area contributed by atoms with Crippen LogP contribution in [0.4, 0.5) is 0 Å². The van der Waals surface area contributed by atoms with Gasteiger partial charge in [-0.2, -0.15) is 4.98 Å². The first kappa shape index (κ1) is 17.8. The Hall–Kier alpha value is -2.61. The molecule has 0 aliphatic carbocycles. The molecule has 136 valence electrons. The lowest BCUT2D eigenvalue weighted by Gasteiger charge is -1.99. The fourth-order valence-corrected chi connectivity index (χ4v) is 2.94. The van der Waals surface area contributed by atoms with Gasteiger partial charge in [0.05, 0.1) is 15.6 Å². The van der Waals surface area contributed by atoms with Gasteiger partial charge < -0.3 is 9.15 Å².